The van der Waals surface area contributed by atoms with Crippen LogP contribution in [0.3, 0.4) is 0 Å². The Morgan fingerprint density at radius 3 is 2.60 bits per heavy atom. The van der Waals surface area contributed by atoms with Gasteiger partial charge in [0.05, 0.1) is 4.90 Å². The van der Waals surface area contributed by atoms with Gasteiger partial charge in [0.25, 0.3) is 5.91 Å². The third kappa shape index (κ3) is 5.55. The van der Waals surface area contributed by atoms with Crippen LogP contribution in [0, 0.1) is 0 Å². The number of nitrogens with one attached hydrogen (secondary N) is 2. The van der Waals surface area contributed by atoms with E-state index in [4.69, 9.17) is 0 Å². The Balaban J connectivity index is 1.66. The Labute approximate surface area is 176 Å². The van der Waals surface area contributed by atoms with Crippen molar-refractivity contribution in [2.75, 3.05) is 18.4 Å². The second-order valence-corrected chi connectivity index (χ2v) is 8.86. The molecule has 0 radical (unpaired) electrons. The molecule has 1 heterocycles. The van der Waals surface area contributed by atoms with Gasteiger partial charge in [0, 0.05) is 37.3 Å². The number of rotatable bonds is 8. The quantitative estimate of drug-likeness (QED) is 0.633. The number of carbonyl (C=O) groups is 2. The summed E-state index contributed by atoms with van der Waals surface area (Å²) in [5, 5.41) is 2.82. The van der Waals surface area contributed by atoms with E-state index >= 15 is 0 Å². The molecule has 158 valence electrons. The summed E-state index contributed by atoms with van der Waals surface area (Å²) >= 11 is 0. The van der Waals surface area contributed by atoms with Crippen LogP contribution in [0.5, 0.6) is 0 Å². The molecule has 2 aromatic carbocycles. The Morgan fingerprint density at radius 2 is 1.90 bits per heavy atom. The molecule has 0 aliphatic carbocycles. The van der Waals surface area contributed by atoms with Gasteiger partial charge in [-0.15, -0.1) is 6.58 Å². The lowest BCUT2D eigenvalue weighted by atomic mass is 10.1. The van der Waals surface area contributed by atoms with E-state index in [9.17, 15) is 18.0 Å². The lowest BCUT2D eigenvalue weighted by Gasteiger charge is -2.26. The number of amides is 2. The Morgan fingerprint density at radius 1 is 1.13 bits per heavy atom. The average Bonchev–Trinajstić information content (AvgIpc) is 2.74. The molecule has 30 heavy (non-hydrogen) atoms. The molecule has 1 aliphatic heterocycles. The van der Waals surface area contributed by atoms with E-state index in [1.165, 1.54) is 30.3 Å². The Kier molecular flexibility index (Phi) is 7.02. The van der Waals surface area contributed by atoms with Crippen LogP contribution in [0.2, 0.25) is 0 Å². The molecule has 1 saturated heterocycles. The predicted molar refractivity (Wildman–Crippen MR) is 115 cm³/mol. The normalized spacial score (nSPS) is 14.4. The van der Waals surface area contributed by atoms with Crippen molar-refractivity contribution in [2.45, 2.75) is 30.7 Å². The highest BCUT2D eigenvalue weighted by atomic mass is 32.2. The number of hydrogen-bond donors (Lipinski definition) is 2. The second-order valence-electron chi connectivity index (χ2n) is 7.09. The molecule has 1 aliphatic rings. The number of anilines is 1. The highest BCUT2D eigenvalue weighted by Crippen LogP contribution is 2.18. The molecule has 0 bridgehead atoms. The summed E-state index contributed by atoms with van der Waals surface area (Å²) < 4.78 is 26.6. The largest absolute Gasteiger partial charge is 0.338 e. The minimum atomic E-state index is -3.63. The summed E-state index contributed by atoms with van der Waals surface area (Å²) in [6, 6.07) is 13.1. The van der Waals surface area contributed by atoms with Crippen molar-refractivity contribution in [3.8, 4) is 0 Å². The SMILES string of the molecule is C=CCNS(=O)(=O)c1ccc(C(=O)Nc2cccc(CN3CCCCC3=O)c2)cc1. The number of sulfonamides is 1. The van der Waals surface area contributed by atoms with E-state index in [0.717, 1.165) is 24.9 Å². The van der Waals surface area contributed by atoms with Gasteiger partial charge in [-0.1, -0.05) is 18.2 Å². The maximum Gasteiger partial charge on any atom is 0.255 e. The minimum Gasteiger partial charge on any atom is -0.338 e. The van der Waals surface area contributed by atoms with E-state index in [-0.39, 0.29) is 23.3 Å². The first-order valence-electron chi connectivity index (χ1n) is 9.78. The summed E-state index contributed by atoms with van der Waals surface area (Å²) in [6.45, 7) is 4.88. The van der Waals surface area contributed by atoms with Crippen LogP contribution in [0.4, 0.5) is 5.69 Å². The first-order valence-corrected chi connectivity index (χ1v) is 11.3. The van der Waals surface area contributed by atoms with E-state index in [1.807, 2.05) is 23.1 Å². The van der Waals surface area contributed by atoms with Crippen molar-refractivity contribution >= 4 is 27.5 Å². The van der Waals surface area contributed by atoms with Crippen molar-refractivity contribution in [1.29, 1.82) is 0 Å². The van der Waals surface area contributed by atoms with Crippen LogP contribution < -0.4 is 10.0 Å². The molecule has 2 N–H and O–H groups in total. The highest BCUT2D eigenvalue weighted by molar-refractivity contribution is 7.89. The monoisotopic (exact) mass is 427 g/mol. The zero-order valence-corrected chi connectivity index (χ0v) is 17.5. The smallest absolute Gasteiger partial charge is 0.255 e. The molecule has 2 aromatic rings. The zero-order valence-electron chi connectivity index (χ0n) is 16.6. The summed E-state index contributed by atoms with van der Waals surface area (Å²) in [4.78, 5) is 26.5. The maximum absolute atomic E-state index is 12.5. The third-order valence-corrected chi connectivity index (χ3v) is 6.26. The van der Waals surface area contributed by atoms with Crippen LogP contribution in [-0.2, 0) is 21.4 Å². The third-order valence-electron chi connectivity index (χ3n) is 4.82. The van der Waals surface area contributed by atoms with Gasteiger partial charge in [-0.25, -0.2) is 13.1 Å². The van der Waals surface area contributed by atoms with Crippen molar-refractivity contribution in [1.82, 2.24) is 9.62 Å². The van der Waals surface area contributed by atoms with E-state index < -0.39 is 10.0 Å². The molecule has 0 atom stereocenters. The van der Waals surface area contributed by atoms with Crippen molar-refractivity contribution in [2.24, 2.45) is 0 Å². The number of piperidine rings is 1. The predicted octanol–water partition coefficient (Wildman–Crippen LogP) is 2.92. The summed E-state index contributed by atoms with van der Waals surface area (Å²) in [5.41, 5.74) is 1.90. The van der Waals surface area contributed by atoms with Crippen LogP contribution in [0.1, 0.15) is 35.2 Å². The summed E-state index contributed by atoms with van der Waals surface area (Å²) in [5.74, 6) is -0.183. The molecule has 0 saturated carbocycles. The molecular formula is C22H25N3O4S. The van der Waals surface area contributed by atoms with Gasteiger partial charge in [0.2, 0.25) is 15.9 Å². The van der Waals surface area contributed by atoms with Crippen molar-refractivity contribution in [3.63, 3.8) is 0 Å². The fraction of sp³-hybridized carbons (Fsp3) is 0.273. The number of carbonyl (C=O) groups excluding carboxylic acids is 2. The first kappa shape index (κ1) is 21.7. The first-order chi connectivity index (χ1) is 14.4. The van der Waals surface area contributed by atoms with E-state index in [1.54, 1.807) is 6.07 Å². The average molecular weight is 428 g/mol. The number of likely N-dealkylation sites (tertiary alicyclic amines) is 1. The maximum atomic E-state index is 12.5. The fourth-order valence-electron chi connectivity index (χ4n) is 3.24. The van der Waals surface area contributed by atoms with Gasteiger partial charge in [0.1, 0.15) is 0 Å². The van der Waals surface area contributed by atoms with Crippen LogP contribution in [0.15, 0.2) is 66.1 Å². The van der Waals surface area contributed by atoms with Gasteiger partial charge >= 0.3 is 0 Å². The summed E-state index contributed by atoms with van der Waals surface area (Å²) in [6.07, 6.45) is 3.99. The van der Waals surface area contributed by atoms with Gasteiger partial charge in [-0.2, -0.15) is 0 Å². The highest BCUT2D eigenvalue weighted by Gasteiger charge is 2.18. The van der Waals surface area contributed by atoms with Gasteiger partial charge in [-0.3, -0.25) is 9.59 Å². The van der Waals surface area contributed by atoms with Gasteiger partial charge < -0.3 is 10.2 Å². The lowest BCUT2D eigenvalue weighted by Crippen LogP contribution is -2.34. The molecular weight excluding hydrogens is 402 g/mol. The number of benzene rings is 2. The molecule has 0 unspecified atom stereocenters. The lowest BCUT2D eigenvalue weighted by molar-refractivity contribution is -0.133. The summed E-state index contributed by atoms with van der Waals surface area (Å²) in [7, 11) is -3.63. The van der Waals surface area contributed by atoms with Crippen molar-refractivity contribution < 1.29 is 18.0 Å². The molecule has 7 nitrogen and oxygen atoms in total. The number of nitrogens with zero attached hydrogens (tertiary/aromatic N) is 1. The van der Waals surface area contributed by atoms with E-state index in [2.05, 4.69) is 16.6 Å². The zero-order chi connectivity index (χ0) is 21.6. The van der Waals surface area contributed by atoms with Crippen molar-refractivity contribution in [3.05, 3.63) is 72.3 Å². The molecule has 0 spiro atoms. The van der Waals surface area contributed by atoms with Crippen LogP contribution in [-0.4, -0.2) is 38.2 Å². The standard InChI is InChI=1S/C22H25N3O4S/c1-2-13-23-30(28,29)20-11-9-18(10-12-20)22(27)24-19-7-5-6-17(15-19)16-25-14-4-3-8-21(25)26/h2,5-7,9-12,15,23H,1,3-4,8,13-14,16H2,(H,24,27). The topological polar surface area (TPSA) is 95.6 Å². The van der Waals surface area contributed by atoms with Gasteiger partial charge in [-0.05, 0) is 54.8 Å². The molecule has 3 rings (SSSR count). The fourth-order valence-corrected chi connectivity index (χ4v) is 4.24. The van der Waals surface area contributed by atoms with E-state index in [0.29, 0.717) is 24.2 Å². The Hall–Kier alpha value is -2.97. The minimum absolute atomic E-state index is 0.0779. The molecule has 2 amide bonds. The number of hydrogen-bond acceptors (Lipinski definition) is 4. The molecule has 0 aromatic heterocycles. The van der Waals surface area contributed by atoms with Crippen LogP contribution in [0.25, 0.3) is 0 Å². The molecule has 8 heteroatoms. The van der Waals surface area contributed by atoms with Crippen LogP contribution >= 0.6 is 0 Å². The van der Waals surface area contributed by atoms with Gasteiger partial charge in [0.15, 0.2) is 0 Å². The Bertz CT molecular complexity index is 1030. The molecule has 1 fully saturated rings. The second kappa shape index (κ2) is 9.69.